The van der Waals surface area contributed by atoms with Gasteiger partial charge in [-0.1, -0.05) is 12.1 Å². The topological polar surface area (TPSA) is 44.8 Å². The van der Waals surface area contributed by atoms with Gasteiger partial charge in [-0.05, 0) is 44.0 Å². The standard InChI is InChI=1S/C19H29N3O2/c1-15-4-5-16(14-17(15)24-3)19(6-7-19)18(23)20-8-9-22-12-10-21(2)11-13-22/h4-5,14H,6-13H2,1-3H3,(H,20,23). The average molecular weight is 331 g/mol. The number of nitrogens with zero attached hydrogens (tertiary/aromatic N) is 2. The number of ether oxygens (including phenoxy) is 1. The second-order valence-corrected chi connectivity index (χ2v) is 7.17. The second kappa shape index (κ2) is 7.11. The minimum absolute atomic E-state index is 0.169. The SMILES string of the molecule is COc1cc(C2(C(=O)NCCN3CCN(C)CC3)CC2)ccc1C. The maximum atomic E-state index is 12.7. The predicted molar refractivity (Wildman–Crippen MR) is 95.6 cm³/mol. The first-order chi connectivity index (χ1) is 11.5. The Labute approximate surface area is 145 Å². The lowest BCUT2D eigenvalue weighted by Crippen LogP contribution is -2.47. The van der Waals surface area contributed by atoms with E-state index in [2.05, 4.69) is 28.2 Å². The van der Waals surface area contributed by atoms with E-state index in [4.69, 9.17) is 4.74 Å². The van der Waals surface area contributed by atoms with Gasteiger partial charge in [-0.15, -0.1) is 0 Å². The molecule has 0 spiro atoms. The van der Waals surface area contributed by atoms with E-state index in [0.29, 0.717) is 0 Å². The monoisotopic (exact) mass is 331 g/mol. The Hall–Kier alpha value is -1.59. The Morgan fingerprint density at radius 3 is 2.58 bits per heavy atom. The summed E-state index contributed by atoms with van der Waals surface area (Å²) in [5, 5.41) is 3.16. The molecule has 1 saturated heterocycles. The Kier molecular flexibility index (Phi) is 5.11. The zero-order chi connectivity index (χ0) is 17.2. The Balaban J connectivity index is 1.54. The Bertz CT molecular complexity index is 590. The number of carbonyl (C=O) groups excluding carboxylic acids is 1. The summed E-state index contributed by atoms with van der Waals surface area (Å²) in [7, 11) is 3.84. The van der Waals surface area contributed by atoms with Crippen LogP contribution >= 0.6 is 0 Å². The number of nitrogens with one attached hydrogen (secondary N) is 1. The van der Waals surface area contributed by atoms with Crippen LogP contribution in [0.25, 0.3) is 0 Å². The molecule has 1 heterocycles. The lowest BCUT2D eigenvalue weighted by molar-refractivity contribution is -0.123. The van der Waals surface area contributed by atoms with E-state index in [1.54, 1.807) is 7.11 Å². The number of hydrogen-bond donors (Lipinski definition) is 1. The molecule has 2 aliphatic rings. The van der Waals surface area contributed by atoms with Crippen LogP contribution in [0, 0.1) is 6.92 Å². The van der Waals surface area contributed by atoms with Gasteiger partial charge in [0.2, 0.25) is 5.91 Å². The largest absolute Gasteiger partial charge is 0.496 e. The summed E-state index contributed by atoms with van der Waals surface area (Å²) in [6.45, 7) is 8.10. The summed E-state index contributed by atoms with van der Waals surface area (Å²) in [5.41, 5.74) is 1.86. The molecule has 0 radical (unpaired) electrons. The summed E-state index contributed by atoms with van der Waals surface area (Å²) in [6.07, 6.45) is 1.86. The van der Waals surface area contributed by atoms with E-state index in [1.165, 1.54) is 0 Å². The molecule has 1 N–H and O–H groups in total. The first-order valence-electron chi connectivity index (χ1n) is 8.89. The molecule has 1 aliphatic heterocycles. The van der Waals surface area contributed by atoms with Gasteiger partial charge in [-0.2, -0.15) is 0 Å². The smallest absolute Gasteiger partial charge is 0.230 e. The molecule has 1 aliphatic carbocycles. The minimum atomic E-state index is -0.330. The van der Waals surface area contributed by atoms with Gasteiger partial charge in [0.05, 0.1) is 12.5 Å². The summed E-state index contributed by atoms with van der Waals surface area (Å²) in [6, 6.07) is 6.15. The van der Waals surface area contributed by atoms with E-state index in [9.17, 15) is 4.79 Å². The molecule has 1 aromatic rings. The quantitative estimate of drug-likeness (QED) is 0.856. The van der Waals surface area contributed by atoms with Crippen LogP contribution in [0.3, 0.4) is 0 Å². The lowest BCUT2D eigenvalue weighted by Gasteiger charge is -2.32. The zero-order valence-electron chi connectivity index (χ0n) is 15.1. The summed E-state index contributed by atoms with van der Waals surface area (Å²) < 4.78 is 5.42. The molecule has 2 fully saturated rings. The Morgan fingerprint density at radius 1 is 1.25 bits per heavy atom. The van der Waals surface area contributed by atoms with Gasteiger partial charge in [-0.3, -0.25) is 9.69 Å². The number of aryl methyl sites for hydroxylation is 1. The first-order valence-corrected chi connectivity index (χ1v) is 8.89. The molecule has 5 nitrogen and oxygen atoms in total. The van der Waals surface area contributed by atoms with Crippen molar-refractivity contribution >= 4 is 5.91 Å². The molecule has 132 valence electrons. The molecule has 0 unspecified atom stereocenters. The molecule has 24 heavy (non-hydrogen) atoms. The van der Waals surface area contributed by atoms with Crippen LogP contribution in [0.1, 0.15) is 24.0 Å². The minimum Gasteiger partial charge on any atom is -0.496 e. The summed E-state index contributed by atoms with van der Waals surface area (Å²) in [4.78, 5) is 17.5. The number of carbonyl (C=O) groups is 1. The summed E-state index contributed by atoms with van der Waals surface area (Å²) >= 11 is 0. The maximum absolute atomic E-state index is 12.7. The highest BCUT2D eigenvalue weighted by Gasteiger charge is 2.51. The highest BCUT2D eigenvalue weighted by atomic mass is 16.5. The van der Waals surface area contributed by atoms with Crippen LogP contribution in [0.5, 0.6) is 5.75 Å². The molecule has 5 heteroatoms. The van der Waals surface area contributed by atoms with Crippen LogP contribution in [0.4, 0.5) is 0 Å². The number of amides is 1. The van der Waals surface area contributed by atoms with Crippen molar-refractivity contribution in [3.8, 4) is 5.75 Å². The lowest BCUT2D eigenvalue weighted by atomic mass is 9.93. The molecular weight excluding hydrogens is 302 g/mol. The number of hydrogen-bond acceptors (Lipinski definition) is 4. The summed E-state index contributed by atoms with van der Waals surface area (Å²) in [5.74, 6) is 1.03. The normalized spacial score (nSPS) is 20.6. The van der Waals surface area contributed by atoms with Crippen molar-refractivity contribution in [1.29, 1.82) is 0 Å². The third-order valence-corrected chi connectivity index (χ3v) is 5.45. The van der Waals surface area contributed by atoms with Gasteiger partial charge < -0.3 is 15.0 Å². The van der Waals surface area contributed by atoms with Gasteiger partial charge in [0.25, 0.3) is 0 Å². The van der Waals surface area contributed by atoms with E-state index < -0.39 is 0 Å². The number of rotatable bonds is 6. The van der Waals surface area contributed by atoms with Crippen molar-refractivity contribution in [3.05, 3.63) is 29.3 Å². The fourth-order valence-corrected chi connectivity index (χ4v) is 3.46. The van der Waals surface area contributed by atoms with Crippen LogP contribution in [-0.4, -0.2) is 69.1 Å². The molecule has 0 atom stereocenters. The van der Waals surface area contributed by atoms with E-state index in [1.807, 2.05) is 19.1 Å². The number of likely N-dealkylation sites (N-methyl/N-ethyl adjacent to an activating group) is 1. The number of methoxy groups -OCH3 is 1. The van der Waals surface area contributed by atoms with Crippen molar-refractivity contribution in [1.82, 2.24) is 15.1 Å². The maximum Gasteiger partial charge on any atom is 0.230 e. The number of benzene rings is 1. The van der Waals surface area contributed by atoms with Crippen LogP contribution in [0.2, 0.25) is 0 Å². The highest BCUT2D eigenvalue weighted by molar-refractivity contribution is 5.91. The molecular formula is C19H29N3O2. The number of piperazine rings is 1. The first kappa shape index (κ1) is 17.2. The van der Waals surface area contributed by atoms with Crippen molar-refractivity contribution in [3.63, 3.8) is 0 Å². The van der Waals surface area contributed by atoms with Gasteiger partial charge in [-0.25, -0.2) is 0 Å². The predicted octanol–water partition coefficient (Wildman–Crippen LogP) is 1.40. The second-order valence-electron chi connectivity index (χ2n) is 7.17. The van der Waals surface area contributed by atoms with Gasteiger partial charge in [0, 0.05) is 39.3 Å². The van der Waals surface area contributed by atoms with Crippen LogP contribution < -0.4 is 10.1 Å². The fourth-order valence-electron chi connectivity index (χ4n) is 3.46. The molecule has 3 rings (SSSR count). The third kappa shape index (κ3) is 3.57. The van der Waals surface area contributed by atoms with Gasteiger partial charge >= 0.3 is 0 Å². The average Bonchev–Trinajstić information content (AvgIpc) is 3.39. The van der Waals surface area contributed by atoms with E-state index in [-0.39, 0.29) is 11.3 Å². The third-order valence-electron chi connectivity index (χ3n) is 5.45. The van der Waals surface area contributed by atoms with Crippen molar-refractivity contribution < 1.29 is 9.53 Å². The van der Waals surface area contributed by atoms with Gasteiger partial charge in [0.1, 0.15) is 5.75 Å². The van der Waals surface area contributed by atoms with Crippen molar-refractivity contribution in [2.75, 3.05) is 53.4 Å². The molecule has 0 aromatic heterocycles. The molecule has 1 aromatic carbocycles. The molecule has 0 bridgehead atoms. The van der Waals surface area contributed by atoms with E-state index >= 15 is 0 Å². The highest BCUT2D eigenvalue weighted by Crippen LogP contribution is 2.49. The fraction of sp³-hybridized carbons (Fsp3) is 0.632. The molecule has 1 saturated carbocycles. The van der Waals surface area contributed by atoms with Crippen molar-refractivity contribution in [2.24, 2.45) is 0 Å². The van der Waals surface area contributed by atoms with Gasteiger partial charge in [0.15, 0.2) is 0 Å². The zero-order valence-corrected chi connectivity index (χ0v) is 15.1. The van der Waals surface area contributed by atoms with Crippen molar-refractivity contribution in [2.45, 2.75) is 25.2 Å². The van der Waals surface area contributed by atoms with Crippen LogP contribution in [0.15, 0.2) is 18.2 Å². The van der Waals surface area contributed by atoms with Crippen LogP contribution in [-0.2, 0) is 10.2 Å². The van der Waals surface area contributed by atoms with E-state index in [0.717, 1.165) is 69.0 Å². The molecule has 1 amide bonds. The Morgan fingerprint density at radius 2 is 1.96 bits per heavy atom.